The van der Waals surface area contributed by atoms with Gasteiger partial charge >= 0.3 is 0 Å². The van der Waals surface area contributed by atoms with E-state index in [0.717, 1.165) is 0 Å². The van der Waals surface area contributed by atoms with Gasteiger partial charge in [-0.05, 0) is 34.6 Å². The van der Waals surface area contributed by atoms with Crippen molar-refractivity contribution in [2.75, 3.05) is 26.6 Å². The van der Waals surface area contributed by atoms with Crippen molar-refractivity contribution in [2.24, 2.45) is 5.92 Å². The van der Waals surface area contributed by atoms with Gasteiger partial charge in [-0.3, -0.25) is 0 Å². The lowest BCUT2D eigenvalue weighted by Gasteiger charge is -2.43. The molecule has 5 atom stereocenters. The number of aliphatic hydroxyl groups is 1. The van der Waals surface area contributed by atoms with Gasteiger partial charge < -0.3 is 19.1 Å². The molecule has 1 unspecified atom stereocenters. The van der Waals surface area contributed by atoms with Crippen LogP contribution in [0.5, 0.6) is 0 Å². The standard InChI is InChI=1S/C16H34FN2O4P/c1-7-21-10-18-24(19(11(2)3)12(4)5)23-16-14(8-20)22-9-13(6)15(16)17/h11-16,18,20H,7-10H2,1-6H3/t13-,14-,15+,16-,24?/m1/s1/i20D. The maximum Gasteiger partial charge on any atom is 0.210 e. The number of halogens is 1. The molecule has 2 N–H and O–H groups in total. The van der Waals surface area contributed by atoms with Crippen LogP contribution in [0.2, 0.25) is 0 Å². The molecule has 8 heteroatoms. The van der Waals surface area contributed by atoms with E-state index in [9.17, 15) is 4.39 Å². The van der Waals surface area contributed by atoms with Crippen LogP contribution in [0.1, 0.15) is 41.5 Å². The molecule has 1 rings (SSSR count). The highest BCUT2D eigenvalue weighted by Gasteiger charge is 2.42. The molecule has 1 aliphatic rings. The number of aliphatic hydroxyl groups excluding tert-OH is 1. The quantitative estimate of drug-likeness (QED) is 0.332. The van der Waals surface area contributed by atoms with E-state index in [0.29, 0.717) is 19.9 Å². The van der Waals surface area contributed by atoms with Gasteiger partial charge in [0, 0.05) is 24.6 Å². The summed E-state index contributed by atoms with van der Waals surface area (Å²) in [5, 5.41) is 7.72. The van der Waals surface area contributed by atoms with E-state index < -0.39 is 26.8 Å². The fourth-order valence-electron chi connectivity index (χ4n) is 2.77. The average molecular weight is 369 g/mol. The van der Waals surface area contributed by atoms with Gasteiger partial charge in [0.05, 0.1) is 13.2 Å². The first-order chi connectivity index (χ1) is 11.8. The second-order valence-corrected chi connectivity index (χ2v) is 8.20. The molecule has 144 valence electrons. The second kappa shape index (κ2) is 11.0. The van der Waals surface area contributed by atoms with Crippen molar-refractivity contribution in [3.8, 4) is 0 Å². The molecule has 24 heavy (non-hydrogen) atoms. The summed E-state index contributed by atoms with van der Waals surface area (Å²) < 4.78 is 41.3. The van der Waals surface area contributed by atoms with Crippen LogP contribution >= 0.6 is 8.45 Å². The van der Waals surface area contributed by atoms with Gasteiger partial charge in [0.15, 0.2) is 8.45 Å². The highest BCUT2D eigenvalue weighted by atomic mass is 31.2. The van der Waals surface area contributed by atoms with Crippen molar-refractivity contribution < 1.29 is 23.5 Å². The third-order valence-electron chi connectivity index (χ3n) is 3.96. The Bertz CT molecular complexity index is 363. The van der Waals surface area contributed by atoms with E-state index in [2.05, 4.69) is 42.6 Å². The number of alkyl halides is 1. The normalized spacial score (nSPS) is 30.2. The van der Waals surface area contributed by atoms with Crippen molar-refractivity contribution >= 4 is 8.45 Å². The van der Waals surface area contributed by atoms with Crippen molar-refractivity contribution in [1.82, 2.24) is 9.76 Å². The Morgan fingerprint density at radius 3 is 2.62 bits per heavy atom. The predicted octanol–water partition coefficient (Wildman–Crippen LogP) is 2.67. The number of hydrogen-bond acceptors (Lipinski definition) is 6. The SMILES string of the molecule is [2H]OC[C@H]1OC[C@@H](C)[C@H](F)[C@@H]1OP(NCOCC)N(C(C)C)C(C)C. The summed E-state index contributed by atoms with van der Waals surface area (Å²) >= 11 is 0. The lowest BCUT2D eigenvalue weighted by atomic mass is 9.95. The molecule has 1 saturated heterocycles. The minimum absolute atomic E-state index is 0.0181. The average Bonchev–Trinajstić information content (AvgIpc) is 2.53. The molecule has 0 aromatic rings. The number of nitrogens with zero attached hydrogens (tertiary/aromatic N) is 1. The van der Waals surface area contributed by atoms with Crippen molar-refractivity contribution in [3.05, 3.63) is 0 Å². The van der Waals surface area contributed by atoms with Crippen LogP contribution in [0.15, 0.2) is 0 Å². The molecule has 0 aromatic heterocycles. The van der Waals surface area contributed by atoms with Crippen LogP contribution in [-0.4, -0.2) is 68.2 Å². The first kappa shape index (κ1) is 20.4. The van der Waals surface area contributed by atoms with Crippen molar-refractivity contribution in [1.29, 1.82) is 1.43 Å². The fourth-order valence-corrected chi connectivity index (χ4v) is 4.64. The molecule has 0 aromatic carbocycles. The number of ether oxygens (including phenoxy) is 2. The molecule has 1 aliphatic heterocycles. The lowest BCUT2D eigenvalue weighted by molar-refractivity contribution is -0.140. The zero-order valence-corrected chi connectivity index (χ0v) is 16.6. The molecule has 0 amide bonds. The molecule has 0 radical (unpaired) electrons. The van der Waals surface area contributed by atoms with Gasteiger partial charge in [0.25, 0.3) is 0 Å². The molecular weight excluding hydrogens is 334 g/mol. The monoisotopic (exact) mass is 369 g/mol. The molecule has 6 nitrogen and oxygen atoms in total. The minimum Gasteiger partial charge on any atom is -0.394 e. The molecular formula is C16H34FN2O4P. The summed E-state index contributed by atoms with van der Waals surface area (Å²) in [6, 6.07) is 0.428. The van der Waals surface area contributed by atoms with Gasteiger partial charge in [-0.15, -0.1) is 0 Å². The third-order valence-corrected chi connectivity index (χ3v) is 6.14. The predicted molar refractivity (Wildman–Crippen MR) is 94.4 cm³/mol. The van der Waals surface area contributed by atoms with Crippen molar-refractivity contribution in [3.63, 3.8) is 0 Å². The van der Waals surface area contributed by atoms with E-state index in [1.807, 2.05) is 6.92 Å². The third kappa shape index (κ3) is 6.13. The number of rotatable bonds is 11. The van der Waals surface area contributed by atoms with E-state index in [1.165, 1.54) is 0 Å². The molecule has 0 bridgehead atoms. The highest BCUT2D eigenvalue weighted by Crippen LogP contribution is 2.44. The zero-order chi connectivity index (χ0) is 19.0. The van der Waals surface area contributed by atoms with Gasteiger partial charge in [-0.1, -0.05) is 6.92 Å². The summed E-state index contributed by atoms with van der Waals surface area (Å²) in [6.07, 6.45) is -2.55. The topological polar surface area (TPSA) is 63.2 Å². The van der Waals surface area contributed by atoms with Gasteiger partial charge in [0.2, 0.25) is 1.43 Å². The van der Waals surface area contributed by atoms with Crippen LogP contribution < -0.4 is 5.09 Å². The Balaban J connectivity index is 2.94. The summed E-state index contributed by atoms with van der Waals surface area (Å²) in [5.41, 5.74) is 0. The summed E-state index contributed by atoms with van der Waals surface area (Å²) in [4.78, 5) is 0. The first-order valence-electron chi connectivity index (χ1n) is 9.14. The molecule has 0 spiro atoms. The summed E-state index contributed by atoms with van der Waals surface area (Å²) in [5.74, 6) is -0.262. The Hall–Kier alpha value is 0.120. The maximum atomic E-state index is 14.8. The Morgan fingerprint density at radius 2 is 2.08 bits per heavy atom. The summed E-state index contributed by atoms with van der Waals surface area (Å²) in [7, 11) is -1.30. The Labute approximate surface area is 148 Å². The zero-order valence-electron chi connectivity index (χ0n) is 16.7. The molecule has 1 heterocycles. The lowest BCUT2D eigenvalue weighted by Crippen LogP contribution is -2.51. The van der Waals surface area contributed by atoms with E-state index in [-0.39, 0.29) is 24.6 Å². The van der Waals surface area contributed by atoms with Gasteiger partial charge in [-0.2, -0.15) is 0 Å². The van der Waals surface area contributed by atoms with Crippen LogP contribution in [0.25, 0.3) is 0 Å². The molecule has 0 saturated carbocycles. The van der Waals surface area contributed by atoms with Crippen LogP contribution in [-0.2, 0) is 14.0 Å². The second-order valence-electron chi connectivity index (χ2n) is 6.67. The Morgan fingerprint density at radius 1 is 1.42 bits per heavy atom. The first-order valence-corrected chi connectivity index (χ1v) is 9.94. The largest absolute Gasteiger partial charge is 0.394 e. The van der Waals surface area contributed by atoms with Gasteiger partial charge in [-0.25, -0.2) is 14.1 Å². The number of nitrogens with one attached hydrogen (secondary N) is 1. The van der Waals surface area contributed by atoms with Crippen LogP contribution in [0.4, 0.5) is 4.39 Å². The molecule has 1 fully saturated rings. The summed E-state index contributed by atoms with van der Waals surface area (Å²) in [6.45, 7) is 13.3. The fraction of sp³-hybridized carbons (Fsp3) is 1.00. The molecule has 0 aliphatic carbocycles. The van der Waals surface area contributed by atoms with E-state index >= 15 is 0 Å². The van der Waals surface area contributed by atoms with Crippen molar-refractivity contribution in [2.45, 2.75) is 72.0 Å². The Kier molecular flexibility index (Phi) is 9.33. The maximum absolute atomic E-state index is 14.8. The van der Waals surface area contributed by atoms with Gasteiger partial charge in [0.1, 0.15) is 25.1 Å². The number of hydrogen-bond donors (Lipinski definition) is 2. The minimum atomic E-state index is -1.30. The van der Waals surface area contributed by atoms with E-state index in [4.69, 9.17) is 15.4 Å². The smallest absolute Gasteiger partial charge is 0.210 e. The van der Waals surface area contributed by atoms with E-state index in [1.54, 1.807) is 6.92 Å². The van der Waals surface area contributed by atoms with Crippen LogP contribution in [0, 0.1) is 5.92 Å². The highest BCUT2D eigenvalue weighted by molar-refractivity contribution is 7.47. The van der Waals surface area contributed by atoms with Crippen LogP contribution in [0.3, 0.4) is 0 Å².